The number of piperazine rings is 1. The number of rotatable bonds is 2. The SMILES string of the molecule is CN1CCN(Cc2cnc(Br)n2C)CC1. The predicted molar refractivity (Wildman–Crippen MR) is 63.7 cm³/mol. The van der Waals surface area contributed by atoms with Crippen molar-refractivity contribution in [1.29, 1.82) is 0 Å². The highest BCUT2D eigenvalue weighted by Gasteiger charge is 2.15. The standard InChI is InChI=1S/C10H17BrN4/c1-13-3-5-15(6-4-13)8-9-7-12-10(11)14(9)2/h7H,3-6,8H2,1-2H3. The third-order valence-corrected chi connectivity index (χ3v) is 3.75. The van der Waals surface area contributed by atoms with Gasteiger partial charge in [0.1, 0.15) is 0 Å². The van der Waals surface area contributed by atoms with Crippen LogP contribution in [-0.4, -0.2) is 52.6 Å². The first kappa shape index (κ1) is 11.1. The topological polar surface area (TPSA) is 24.3 Å². The van der Waals surface area contributed by atoms with Gasteiger partial charge in [-0.25, -0.2) is 4.98 Å². The fourth-order valence-corrected chi connectivity index (χ4v) is 2.13. The van der Waals surface area contributed by atoms with Gasteiger partial charge >= 0.3 is 0 Å². The molecule has 0 amide bonds. The van der Waals surface area contributed by atoms with E-state index in [1.807, 2.05) is 13.2 Å². The lowest BCUT2D eigenvalue weighted by molar-refractivity contribution is 0.146. The summed E-state index contributed by atoms with van der Waals surface area (Å²) in [4.78, 5) is 9.09. The van der Waals surface area contributed by atoms with Crippen molar-refractivity contribution in [2.24, 2.45) is 7.05 Å². The molecule has 15 heavy (non-hydrogen) atoms. The quantitative estimate of drug-likeness (QED) is 0.801. The van der Waals surface area contributed by atoms with Gasteiger partial charge in [-0.2, -0.15) is 0 Å². The maximum atomic E-state index is 4.24. The van der Waals surface area contributed by atoms with Crippen molar-refractivity contribution in [1.82, 2.24) is 19.4 Å². The Balaban J connectivity index is 1.94. The van der Waals surface area contributed by atoms with E-state index in [2.05, 4.69) is 42.3 Å². The molecule has 1 saturated heterocycles. The molecule has 5 heteroatoms. The van der Waals surface area contributed by atoms with E-state index in [0.29, 0.717) is 0 Å². The number of hydrogen-bond acceptors (Lipinski definition) is 3. The van der Waals surface area contributed by atoms with Crippen molar-refractivity contribution in [3.05, 3.63) is 16.6 Å². The summed E-state index contributed by atoms with van der Waals surface area (Å²) in [6, 6.07) is 0. The molecule has 0 spiro atoms. The third-order valence-electron chi connectivity index (χ3n) is 3.01. The normalized spacial score (nSPS) is 19.7. The number of hydrogen-bond donors (Lipinski definition) is 0. The van der Waals surface area contributed by atoms with Gasteiger partial charge < -0.3 is 9.47 Å². The summed E-state index contributed by atoms with van der Waals surface area (Å²) in [6.07, 6.45) is 1.95. The van der Waals surface area contributed by atoms with Crippen molar-refractivity contribution in [3.8, 4) is 0 Å². The van der Waals surface area contributed by atoms with Crippen LogP contribution >= 0.6 is 15.9 Å². The largest absolute Gasteiger partial charge is 0.325 e. The number of nitrogens with zero attached hydrogens (tertiary/aromatic N) is 4. The molecule has 84 valence electrons. The van der Waals surface area contributed by atoms with Gasteiger partial charge in [0.2, 0.25) is 0 Å². The Bertz CT molecular complexity index is 328. The van der Waals surface area contributed by atoms with Crippen molar-refractivity contribution >= 4 is 15.9 Å². The second-order valence-corrected chi connectivity index (χ2v) is 4.87. The molecule has 2 rings (SSSR count). The molecule has 0 unspecified atom stereocenters. The van der Waals surface area contributed by atoms with E-state index in [1.54, 1.807) is 0 Å². The second-order valence-electron chi connectivity index (χ2n) is 4.16. The molecule has 0 saturated carbocycles. The molecule has 0 N–H and O–H groups in total. The molecule has 0 bridgehead atoms. The first-order chi connectivity index (χ1) is 7.16. The van der Waals surface area contributed by atoms with Crippen LogP contribution < -0.4 is 0 Å². The van der Waals surface area contributed by atoms with E-state index in [4.69, 9.17) is 0 Å². The number of imidazole rings is 1. The zero-order chi connectivity index (χ0) is 10.8. The van der Waals surface area contributed by atoms with Crippen LogP contribution in [-0.2, 0) is 13.6 Å². The Hall–Kier alpha value is -0.390. The minimum Gasteiger partial charge on any atom is -0.325 e. The van der Waals surface area contributed by atoms with Crippen LogP contribution in [0.15, 0.2) is 10.9 Å². The molecule has 0 atom stereocenters. The van der Waals surface area contributed by atoms with E-state index in [1.165, 1.54) is 18.8 Å². The zero-order valence-corrected chi connectivity index (χ0v) is 10.9. The minimum atomic E-state index is 0.909. The van der Waals surface area contributed by atoms with Crippen LogP contribution in [0.2, 0.25) is 0 Å². The van der Waals surface area contributed by atoms with E-state index >= 15 is 0 Å². The lowest BCUT2D eigenvalue weighted by Crippen LogP contribution is -2.44. The molecule has 1 aromatic rings. The van der Waals surface area contributed by atoms with Crippen molar-refractivity contribution in [2.45, 2.75) is 6.54 Å². The fraction of sp³-hybridized carbons (Fsp3) is 0.700. The summed E-state index contributed by atoms with van der Waals surface area (Å²) in [5.41, 5.74) is 1.27. The summed E-state index contributed by atoms with van der Waals surface area (Å²) < 4.78 is 3.00. The molecule has 0 aromatic carbocycles. The van der Waals surface area contributed by atoms with E-state index < -0.39 is 0 Å². The van der Waals surface area contributed by atoms with Crippen molar-refractivity contribution in [3.63, 3.8) is 0 Å². The lowest BCUT2D eigenvalue weighted by Gasteiger charge is -2.32. The minimum absolute atomic E-state index is 0.909. The maximum absolute atomic E-state index is 4.24. The van der Waals surface area contributed by atoms with E-state index in [-0.39, 0.29) is 0 Å². The van der Waals surface area contributed by atoms with Gasteiger partial charge in [-0.3, -0.25) is 4.90 Å². The van der Waals surface area contributed by atoms with Gasteiger partial charge in [0.05, 0.1) is 11.9 Å². The third kappa shape index (κ3) is 2.59. The highest BCUT2D eigenvalue weighted by Crippen LogP contribution is 2.12. The Morgan fingerprint density at radius 2 is 1.93 bits per heavy atom. The van der Waals surface area contributed by atoms with Crippen molar-refractivity contribution < 1.29 is 0 Å². The highest BCUT2D eigenvalue weighted by molar-refractivity contribution is 9.10. The Morgan fingerprint density at radius 1 is 1.27 bits per heavy atom. The van der Waals surface area contributed by atoms with Crippen LogP contribution in [0.25, 0.3) is 0 Å². The van der Waals surface area contributed by atoms with Gasteiger partial charge in [-0.1, -0.05) is 0 Å². The molecule has 0 radical (unpaired) electrons. The van der Waals surface area contributed by atoms with Crippen LogP contribution in [0.4, 0.5) is 0 Å². The zero-order valence-electron chi connectivity index (χ0n) is 9.28. The summed E-state index contributed by atoms with van der Waals surface area (Å²) in [5, 5.41) is 0. The Morgan fingerprint density at radius 3 is 2.47 bits per heavy atom. The molecule has 2 heterocycles. The molecule has 1 fully saturated rings. The molecule has 0 aliphatic carbocycles. The first-order valence-electron chi connectivity index (χ1n) is 5.24. The van der Waals surface area contributed by atoms with Crippen molar-refractivity contribution in [2.75, 3.05) is 33.2 Å². The van der Waals surface area contributed by atoms with Crippen LogP contribution in [0.1, 0.15) is 5.69 Å². The molecule has 1 aliphatic heterocycles. The average Bonchev–Trinajstić information content (AvgIpc) is 2.53. The summed E-state index contributed by atoms with van der Waals surface area (Å²) in [7, 11) is 4.22. The van der Waals surface area contributed by atoms with E-state index in [9.17, 15) is 0 Å². The van der Waals surface area contributed by atoms with Gasteiger partial charge in [0, 0.05) is 39.8 Å². The smallest absolute Gasteiger partial charge is 0.177 e. The second kappa shape index (κ2) is 4.63. The highest BCUT2D eigenvalue weighted by atomic mass is 79.9. The Kier molecular flexibility index (Phi) is 3.43. The number of halogens is 1. The number of aromatic nitrogens is 2. The summed E-state index contributed by atoms with van der Waals surface area (Å²) >= 11 is 3.42. The molecular weight excluding hydrogens is 256 g/mol. The monoisotopic (exact) mass is 272 g/mol. The van der Waals surface area contributed by atoms with Crippen LogP contribution in [0, 0.1) is 0 Å². The maximum Gasteiger partial charge on any atom is 0.177 e. The molecule has 4 nitrogen and oxygen atoms in total. The molecular formula is C10H17BrN4. The summed E-state index contributed by atoms with van der Waals surface area (Å²) in [5.74, 6) is 0. The van der Waals surface area contributed by atoms with E-state index in [0.717, 1.165) is 24.4 Å². The Labute approximate surface area is 99.0 Å². The lowest BCUT2D eigenvalue weighted by atomic mass is 10.3. The van der Waals surface area contributed by atoms with Crippen LogP contribution in [0.5, 0.6) is 0 Å². The summed E-state index contributed by atoms with van der Waals surface area (Å²) in [6.45, 7) is 5.64. The van der Waals surface area contributed by atoms with Gasteiger partial charge in [0.25, 0.3) is 0 Å². The van der Waals surface area contributed by atoms with Gasteiger partial charge in [0.15, 0.2) is 4.73 Å². The van der Waals surface area contributed by atoms with Crippen LogP contribution in [0.3, 0.4) is 0 Å². The molecule has 1 aromatic heterocycles. The predicted octanol–water partition coefficient (Wildman–Crippen LogP) is 0.930. The number of likely N-dealkylation sites (N-methyl/N-ethyl adjacent to an activating group) is 1. The average molecular weight is 273 g/mol. The fourth-order valence-electron chi connectivity index (χ4n) is 1.80. The molecule has 1 aliphatic rings. The van der Waals surface area contributed by atoms with Gasteiger partial charge in [-0.15, -0.1) is 0 Å². The van der Waals surface area contributed by atoms with Gasteiger partial charge in [-0.05, 0) is 23.0 Å². The first-order valence-corrected chi connectivity index (χ1v) is 6.03.